The van der Waals surface area contributed by atoms with Crippen molar-refractivity contribution in [2.75, 3.05) is 0 Å². The summed E-state index contributed by atoms with van der Waals surface area (Å²) in [5, 5.41) is 10.9. The van der Waals surface area contributed by atoms with Gasteiger partial charge in [0.2, 0.25) is 0 Å². The van der Waals surface area contributed by atoms with Crippen molar-refractivity contribution in [3.05, 3.63) is 157 Å². The number of aromatic nitrogens is 4. The summed E-state index contributed by atoms with van der Waals surface area (Å²) in [5.41, 5.74) is 10.2. The van der Waals surface area contributed by atoms with Crippen molar-refractivity contribution in [1.82, 2.24) is 19.9 Å². The van der Waals surface area contributed by atoms with E-state index in [-0.39, 0.29) is 0 Å². The van der Waals surface area contributed by atoms with E-state index in [0.29, 0.717) is 0 Å². The summed E-state index contributed by atoms with van der Waals surface area (Å²) in [4.78, 5) is 16.5. The van der Waals surface area contributed by atoms with Crippen molar-refractivity contribution < 1.29 is 0 Å². The fourth-order valence-electron chi connectivity index (χ4n) is 7.34. The summed E-state index contributed by atoms with van der Waals surface area (Å²) in [6, 6.07) is 51.4. The molecule has 0 atom stereocenters. The van der Waals surface area contributed by atoms with E-state index in [0.717, 1.165) is 56.0 Å². The average molecular weight is 613 g/mol. The van der Waals surface area contributed by atoms with E-state index >= 15 is 0 Å². The Hall–Kier alpha value is -6.52. The van der Waals surface area contributed by atoms with Crippen molar-refractivity contribution in [3.8, 4) is 22.5 Å². The molecule has 0 saturated carbocycles. The Bertz CT molecular complexity index is 2630. The molecule has 8 bridgehead atoms. The van der Waals surface area contributed by atoms with Gasteiger partial charge in [-0.3, -0.25) is 0 Å². The molecule has 48 heavy (non-hydrogen) atoms. The van der Waals surface area contributed by atoms with Crippen molar-refractivity contribution in [2.24, 2.45) is 0 Å². The maximum atomic E-state index is 4.91. The Morgan fingerprint density at radius 1 is 0.354 bits per heavy atom. The van der Waals surface area contributed by atoms with Crippen LogP contribution in [0.5, 0.6) is 0 Å². The summed E-state index contributed by atoms with van der Waals surface area (Å²) in [7, 11) is 0. The SMILES string of the molecule is C1=Cc2cc3ccc(cc4nc(cc5ccc(cc1n2)[nH]5)-c1ccccc1-4)[nH]3.c1cc2cccc3c4cccc5cccc(c(c1)c23)c54. The van der Waals surface area contributed by atoms with Crippen LogP contribution >= 0.6 is 0 Å². The molecule has 11 rings (SSSR count). The van der Waals surface area contributed by atoms with Crippen LogP contribution in [0.25, 0.3) is 99.8 Å². The highest BCUT2D eigenvalue weighted by atomic mass is 14.8. The van der Waals surface area contributed by atoms with Crippen LogP contribution in [0.3, 0.4) is 0 Å². The lowest BCUT2D eigenvalue weighted by molar-refractivity contribution is 1.32. The Kier molecular flexibility index (Phi) is 5.84. The molecule has 6 aromatic carbocycles. The average Bonchev–Trinajstić information content (AvgIpc) is 3.93. The highest BCUT2D eigenvalue weighted by molar-refractivity contribution is 6.32. The molecule has 5 heterocycles. The number of H-pyrrole nitrogens is 2. The number of fused-ring (bicyclic) bond motifs is 13. The number of nitrogens with zero attached hydrogens (tertiary/aromatic N) is 2. The quantitative estimate of drug-likeness (QED) is 0.132. The van der Waals surface area contributed by atoms with Gasteiger partial charge >= 0.3 is 0 Å². The molecule has 0 unspecified atom stereocenters. The van der Waals surface area contributed by atoms with Gasteiger partial charge in [-0.15, -0.1) is 0 Å². The fraction of sp³-hybridized carbons (Fsp3) is 0. The number of nitrogens with one attached hydrogen (secondary N) is 2. The number of hydrogen-bond acceptors (Lipinski definition) is 2. The molecule has 4 heteroatoms. The summed E-state index contributed by atoms with van der Waals surface area (Å²) in [5.74, 6) is 0. The molecular weight excluding hydrogens is 585 g/mol. The molecule has 2 aliphatic rings. The minimum absolute atomic E-state index is 0.934. The van der Waals surface area contributed by atoms with Crippen LogP contribution in [0.1, 0.15) is 11.4 Å². The molecule has 9 aromatic rings. The first-order valence-electron chi connectivity index (χ1n) is 16.2. The van der Waals surface area contributed by atoms with E-state index in [9.17, 15) is 0 Å². The molecular formula is C44H28N4. The zero-order valence-corrected chi connectivity index (χ0v) is 25.9. The first kappa shape index (κ1) is 26.7. The second-order valence-corrected chi connectivity index (χ2v) is 12.5. The predicted octanol–water partition coefficient (Wildman–Crippen LogP) is 11.6. The zero-order valence-electron chi connectivity index (χ0n) is 25.9. The van der Waals surface area contributed by atoms with Gasteiger partial charge in [0.05, 0.1) is 22.8 Å². The highest BCUT2D eigenvalue weighted by Crippen LogP contribution is 2.40. The second kappa shape index (κ2) is 10.5. The highest BCUT2D eigenvalue weighted by Gasteiger charge is 2.15. The summed E-state index contributed by atoms with van der Waals surface area (Å²) >= 11 is 0. The number of hydrogen-bond donors (Lipinski definition) is 2. The van der Waals surface area contributed by atoms with Crippen LogP contribution in [-0.2, 0) is 0 Å². The van der Waals surface area contributed by atoms with Gasteiger partial charge in [-0.05, 0) is 104 Å². The molecule has 0 saturated heterocycles. The lowest BCUT2D eigenvalue weighted by Crippen LogP contribution is -1.85. The predicted molar refractivity (Wildman–Crippen MR) is 202 cm³/mol. The minimum atomic E-state index is 0.934. The molecule has 0 radical (unpaired) electrons. The molecule has 3 aromatic heterocycles. The van der Waals surface area contributed by atoms with E-state index in [2.05, 4.69) is 161 Å². The Morgan fingerprint density at radius 2 is 0.750 bits per heavy atom. The molecule has 0 amide bonds. The van der Waals surface area contributed by atoms with E-state index in [1.807, 2.05) is 12.2 Å². The molecule has 2 N–H and O–H groups in total. The topological polar surface area (TPSA) is 57.4 Å². The standard InChI is InChI=1S/C24H16N4.C20H12/c1-2-4-22-21(3-1)23-13-19-9-7-17(26-19)11-15-5-6-16(25-15)12-18-8-10-20(27-18)14-24(22)28-23;1-5-13-6-2-11-17-18-12-4-8-14-7-3-10-16(20(14)18)15(9-1)19(13)17/h1-14,26-27H;1-12H. The summed E-state index contributed by atoms with van der Waals surface area (Å²) in [6.45, 7) is 0. The first-order valence-corrected chi connectivity index (χ1v) is 16.2. The van der Waals surface area contributed by atoms with Crippen LogP contribution in [0.15, 0.2) is 146 Å². The third kappa shape index (κ3) is 4.38. The van der Waals surface area contributed by atoms with Gasteiger partial charge in [0, 0.05) is 33.2 Å². The molecule has 224 valence electrons. The molecule has 0 aliphatic carbocycles. The van der Waals surface area contributed by atoms with Crippen LogP contribution in [0.2, 0.25) is 0 Å². The van der Waals surface area contributed by atoms with Crippen LogP contribution in [0.4, 0.5) is 0 Å². The van der Waals surface area contributed by atoms with Gasteiger partial charge in [-0.2, -0.15) is 0 Å². The molecule has 0 spiro atoms. The summed E-state index contributed by atoms with van der Waals surface area (Å²) < 4.78 is 0. The molecule has 0 fully saturated rings. The van der Waals surface area contributed by atoms with Crippen LogP contribution in [0, 0.1) is 0 Å². The van der Waals surface area contributed by atoms with Crippen LogP contribution < -0.4 is 0 Å². The molecule has 2 aliphatic heterocycles. The van der Waals surface area contributed by atoms with Gasteiger partial charge < -0.3 is 9.97 Å². The number of aromatic amines is 2. The van der Waals surface area contributed by atoms with Gasteiger partial charge in [0.1, 0.15) is 0 Å². The third-order valence-electron chi connectivity index (χ3n) is 9.45. The lowest BCUT2D eigenvalue weighted by atomic mass is 9.90. The van der Waals surface area contributed by atoms with Gasteiger partial charge in [-0.1, -0.05) is 97.1 Å². The van der Waals surface area contributed by atoms with Gasteiger partial charge in [-0.25, -0.2) is 9.97 Å². The first-order chi connectivity index (χ1) is 23.7. The Labute approximate surface area is 276 Å². The van der Waals surface area contributed by atoms with Crippen molar-refractivity contribution in [1.29, 1.82) is 0 Å². The van der Waals surface area contributed by atoms with Crippen molar-refractivity contribution in [3.63, 3.8) is 0 Å². The van der Waals surface area contributed by atoms with Gasteiger partial charge in [0.15, 0.2) is 0 Å². The lowest BCUT2D eigenvalue weighted by Gasteiger charge is -2.13. The van der Waals surface area contributed by atoms with E-state index in [1.54, 1.807) is 0 Å². The molecule has 4 nitrogen and oxygen atoms in total. The maximum absolute atomic E-state index is 4.91. The number of benzene rings is 6. The zero-order chi connectivity index (χ0) is 31.6. The van der Waals surface area contributed by atoms with Gasteiger partial charge in [0.25, 0.3) is 0 Å². The second-order valence-electron chi connectivity index (χ2n) is 12.5. The van der Waals surface area contributed by atoms with Crippen molar-refractivity contribution >= 4 is 77.3 Å². The monoisotopic (exact) mass is 612 g/mol. The van der Waals surface area contributed by atoms with E-state index < -0.39 is 0 Å². The normalized spacial score (nSPS) is 12.1. The van der Waals surface area contributed by atoms with Crippen LogP contribution in [-0.4, -0.2) is 19.9 Å². The summed E-state index contributed by atoms with van der Waals surface area (Å²) in [6.07, 6.45) is 4.06. The third-order valence-corrected chi connectivity index (χ3v) is 9.45. The van der Waals surface area contributed by atoms with E-state index in [4.69, 9.17) is 4.98 Å². The maximum Gasteiger partial charge on any atom is 0.0737 e. The fourth-order valence-corrected chi connectivity index (χ4v) is 7.34. The number of rotatable bonds is 0. The van der Waals surface area contributed by atoms with E-state index in [1.165, 1.54) is 43.1 Å². The smallest absolute Gasteiger partial charge is 0.0737 e. The Balaban J connectivity index is 0.000000130. The minimum Gasteiger partial charge on any atom is -0.355 e. The largest absolute Gasteiger partial charge is 0.355 e. The van der Waals surface area contributed by atoms with Crippen molar-refractivity contribution in [2.45, 2.75) is 0 Å². The Morgan fingerprint density at radius 3 is 1.17 bits per heavy atom.